The Morgan fingerprint density at radius 3 is 2.07 bits per heavy atom. The fourth-order valence-electron chi connectivity index (χ4n) is 1.54. The van der Waals surface area contributed by atoms with E-state index < -0.39 is 12.5 Å². The summed E-state index contributed by atoms with van der Waals surface area (Å²) in [5, 5.41) is 0. The molecule has 0 fully saturated rings. The predicted molar refractivity (Wildman–Crippen MR) is 53.6 cm³/mol. The van der Waals surface area contributed by atoms with E-state index in [4.69, 9.17) is 5.73 Å². The summed E-state index contributed by atoms with van der Waals surface area (Å²) in [6.45, 7) is 3.20. The number of hydrogen-bond acceptors (Lipinski definition) is 1. The van der Waals surface area contributed by atoms with Gasteiger partial charge in [0.2, 0.25) is 0 Å². The van der Waals surface area contributed by atoms with Gasteiger partial charge in [-0.25, -0.2) is 8.78 Å². The third kappa shape index (κ3) is 3.07. The van der Waals surface area contributed by atoms with Crippen LogP contribution in [0, 0.1) is 13.8 Å². The standard InChI is InChI=1S/C11H15F2N/c1-8-3-9(2)5-10(4-8)6-11(12,13)7-14/h3-5H,6-7,14H2,1-2H3. The molecule has 0 amide bonds. The Kier molecular flexibility index (Phi) is 3.21. The van der Waals surface area contributed by atoms with Crippen molar-refractivity contribution in [3.8, 4) is 0 Å². The lowest BCUT2D eigenvalue weighted by Crippen LogP contribution is -2.30. The van der Waals surface area contributed by atoms with Gasteiger partial charge in [-0.05, 0) is 19.4 Å². The molecule has 0 unspecified atom stereocenters. The number of aryl methyl sites for hydroxylation is 2. The smallest absolute Gasteiger partial charge is 0.264 e. The quantitative estimate of drug-likeness (QED) is 0.795. The predicted octanol–water partition coefficient (Wildman–Crippen LogP) is 2.44. The van der Waals surface area contributed by atoms with Crippen LogP contribution in [0.1, 0.15) is 16.7 Å². The van der Waals surface area contributed by atoms with E-state index >= 15 is 0 Å². The zero-order valence-electron chi connectivity index (χ0n) is 8.48. The third-order valence-corrected chi connectivity index (χ3v) is 2.04. The SMILES string of the molecule is Cc1cc(C)cc(CC(F)(F)CN)c1. The van der Waals surface area contributed by atoms with Crippen molar-refractivity contribution in [3.63, 3.8) is 0 Å². The van der Waals surface area contributed by atoms with Gasteiger partial charge in [-0.3, -0.25) is 0 Å². The van der Waals surface area contributed by atoms with E-state index in [0.29, 0.717) is 5.56 Å². The highest BCUT2D eigenvalue weighted by atomic mass is 19.3. The minimum Gasteiger partial charge on any atom is -0.325 e. The molecule has 0 aromatic heterocycles. The lowest BCUT2D eigenvalue weighted by molar-refractivity contribution is 0.0115. The molecule has 0 heterocycles. The number of benzene rings is 1. The van der Waals surface area contributed by atoms with Gasteiger partial charge < -0.3 is 5.73 Å². The number of alkyl halides is 2. The Morgan fingerprint density at radius 2 is 1.64 bits per heavy atom. The zero-order valence-corrected chi connectivity index (χ0v) is 8.48. The van der Waals surface area contributed by atoms with Gasteiger partial charge in [-0.1, -0.05) is 29.3 Å². The van der Waals surface area contributed by atoms with Crippen molar-refractivity contribution in [2.45, 2.75) is 26.2 Å². The first kappa shape index (κ1) is 11.1. The van der Waals surface area contributed by atoms with Gasteiger partial charge in [0.05, 0.1) is 6.54 Å². The van der Waals surface area contributed by atoms with Crippen LogP contribution in [0.5, 0.6) is 0 Å². The second kappa shape index (κ2) is 4.05. The van der Waals surface area contributed by atoms with Crippen molar-refractivity contribution in [1.29, 1.82) is 0 Å². The van der Waals surface area contributed by atoms with E-state index in [-0.39, 0.29) is 6.42 Å². The van der Waals surface area contributed by atoms with Crippen molar-refractivity contribution >= 4 is 0 Å². The molecular formula is C11H15F2N. The number of nitrogens with two attached hydrogens (primary N) is 1. The average molecular weight is 199 g/mol. The molecule has 78 valence electrons. The maximum absolute atomic E-state index is 13.0. The Morgan fingerprint density at radius 1 is 1.14 bits per heavy atom. The average Bonchev–Trinajstić information content (AvgIpc) is 2.01. The minimum absolute atomic E-state index is 0.272. The summed E-state index contributed by atoms with van der Waals surface area (Å²) >= 11 is 0. The van der Waals surface area contributed by atoms with E-state index in [1.165, 1.54) is 0 Å². The Hall–Kier alpha value is -0.960. The van der Waals surface area contributed by atoms with E-state index in [0.717, 1.165) is 11.1 Å². The van der Waals surface area contributed by atoms with Crippen LogP contribution in [-0.4, -0.2) is 12.5 Å². The number of halogens is 2. The summed E-state index contributed by atoms with van der Waals surface area (Å²) in [6, 6.07) is 5.51. The van der Waals surface area contributed by atoms with Crippen LogP contribution in [-0.2, 0) is 6.42 Å². The highest BCUT2D eigenvalue weighted by Crippen LogP contribution is 2.20. The summed E-state index contributed by atoms with van der Waals surface area (Å²) in [5.74, 6) is -2.79. The molecule has 0 saturated heterocycles. The molecule has 0 aliphatic carbocycles. The van der Waals surface area contributed by atoms with Gasteiger partial charge in [0.15, 0.2) is 0 Å². The molecule has 1 rings (SSSR count). The van der Waals surface area contributed by atoms with Gasteiger partial charge in [0.1, 0.15) is 0 Å². The molecule has 0 aliphatic rings. The second-order valence-corrected chi connectivity index (χ2v) is 3.73. The molecule has 3 heteroatoms. The summed E-state index contributed by atoms with van der Waals surface area (Å²) < 4.78 is 26.0. The van der Waals surface area contributed by atoms with Gasteiger partial charge in [-0.15, -0.1) is 0 Å². The maximum atomic E-state index is 13.0. The highest BCUT2D eigenvalue weighted by molar-refractivity contribution is 5.29. The van der Waals surface area contributed by atoms with Crippen molar-refractivity contribution in [3.05, 3.63) is 34.9 Å². The van der Waals surface area contributed by atoms with Gasteiger partial charge in [0.25, 0.3) is 5.92 Å². The van der Waals surface area contributed by atoms with Crippen LogP contribution in [0.4, 0.5) is 8.78 Å². The normalized spacial score (nSPS) is 11.8. The van der Waals surface area contributed by atoms with Gasteiger partial charge >= 0.3 is 0 Å². The molecule has 0 aliphatic heterocycles. The summed E-state index contributed by atoms with van der Waals surface area (Å²) in [5.41, 5.74) is 7.65. The van der Waals surface area contributed by atoms with Crippen molar-refractivity contribution < 1.29 is 8.78 Å². The van der Waals surface area contributed by atoms with E-state index in [9.17, 15) is 8.78 Å². The van der Waals surface area contributed by atoms with Crippen LogP contribution >= 0.6 is 0 Å². The first-order chi connectivity index (χ1) is 6.43. The van der Waals surface area contributed by atoms with Crippen LogP contribution in [0.3, 0.4) is 0 Å². The fraction of sp³-hybridized carbons (Fsp3) is 0.455. The summed E-state index contributed by atoms with van der Waals surface area (Å²) in [4.78, 5) is 0. The van der Waals surface area contributed by atoms with Crippen molar-refractivity contribution in [2.75, 3.05) is 6.54 Å². The minimum atomic E-state index is -2.79. The molecule has 1 nitrogen and oxygen atoms in total. The Bertz CT molecular complexity index is 301. The van der Waals surface area contributed by atoms with Crippen LogP contribution in [0.25, 0.3) is 0 Å². The zero-order chi connectivity index (χ0) is 10.8. The molecule has 0 bridgehead atoms. The second-order valence-electron chi connectivity index (χ2n) is 3.73. The Labute approximate surface area is 82.9 Å². The van der Waals surface area contributed by atoms with Gasteiger partial charge in [-0.2, -0.15) is 0 Å². The lowest BCUT2D eigenvalue weighted by atomic mass is 10.0. The van der Waals surface area contributed by atoms with E-state index in [1.54, 1.807) is 12.1 Å². The molecule has 0 spiro atoms. The molecule has 1 aromatic rings. The van der Waals surface area contributed by atoms with Crippen LogP contribution in [0.15, 0.2) is 18.2 Å². The van der Waals surface area contributed by atoms with E-state index in [2.05, 4.69) is 0 Å². The monoisotopic (exact) mass is 199 g/mol. The molecule has 0 radical (unpaired) electrons. The third-order valence-electron chi connectivity index (χ3n) is 2.04. The first-order valence-corrected chi connectivity index (χ1v) is 4.58. The van der Waals surface area contributed by atoms with Crippen molar-refractivity contribution in [1.82, 2.24) is 0 Å². The van der Waals surface area contributed by atoms with Crippen LogP contribution < -0.4 is 5.73 Å². The molecule has 0 atom stereocenters. The first-order valence-electron chi connectivity index (χ1n) is 4.58. The maximum Gasteiger partial charge on any atom is 0.264 e. The largest absolute Gasteiger partial charge is 0.325 e. The molecular weight excluding hydrogens is 184 g/mol. The van der Waals surface area contributed by atoms with Crippen molar-refractivity contribution in [2.24, 2.45) is 5.73 Å². The number of hydrogen-bond donors (Lipinski definition) is 1. The fourth-order valence-corrected chi connectivity index (χ4v) is 1.54. The summed E-state index contributed by atoms with van der Waals surface area (Å²) in [6.07, 6.45) is -0.272. The molecule has 1 aromatic carbocycles. The van der Waals surface area contributed by atoms with Gasteiger partial charge in [0, 0.05) is 6.42 Å². The molecule has 0 saturated carbocycles. The summed E-state index contributed by atoms with van der Waals surface area (Å²) in [7, 11) is 0. The topological polar surface area (TPSA) is 26.0 Å². The van der Waals surface area contributed by atoms with Crippen LogP contribution in [0.2, 0.25) is 0 Å². The lowest BCUT2D eigenvalue weighted by Gasteiger charge is -2.14. The number of rotatable bonds is 3. The molecule has 14 heavy (non-hydrogen) atoms. The molecule has 2 N–H and O–H groups in total. The van der Waals surface area contributed by atoms with E-state index in [1.807, 2.05) is 19.9 Å². The highest BCUT2D eigenvalue weighted by Gasteiger charge is 2.26. The Balaban J connectivity index is 2.87.